The summed E-state index contributed by atoms with van der Waals surface area (Å²) in [5, 5.41) is 9.34. The number of phenolic OH excluding ortho intramolecular Hbond substituents is 1. The van der Waals surface area contributed by atoms with Gasteiger partial charge in [-0.1, -0.05) is 15.9 Å². The van der Waals surface area contributed by atoms with Crippen LogP contribution in [-0.2, 0) is 5.54 Å². The third kappa shape index (κ3) is 1.46. The molecule has 1 aromatic rings. The van der Waals surface area contributed by atoms with Gasteiger partial charge in [-0.2, -0.15) is 0 Å². The molecule has 0 heterocycles. The van der Waals surface area contributed by atoms with Gasteiger partial charge in [-0.05, 0) is 43.0 Å². The van der Waals surface area contributed by atoms with Crippen molar-refractivity contribution in [1.29, 1.82) is 0 Å². The van der Waals surface area contributed by atoms with Crippen molar-refractivity contribution in [3.8, 4) is 5.75 Å². The van der Waals surface area contributed by atoms with E-state index < -0.39 is 0 Å². The number of aromatic hydroxyl groups is 1. The Morgan fingerprint density at radius 1 is 1.38 bits per heavy atom. The van der Waals surface area contributed by atoms with Crippen LogP contribution in [0.1, 0.15) is 24.8 Å². The third-order valence-electron chi connectivity index (χ3n) is 2.73. The summed E-state index contributed by atoms with van der Waals surface area (Å²) in [6.45, 7) is 0. The number of hydrogen-bond donors (Lipinski definition) is 2. The van der Waals surface area contributed by atoms with E-state index in [-0.39, 0.29) is 11.3 Å². The number of benzene rings is 1. The van der Waals surface area contributed by atoms with E-state index in [9.17, 15) is 5.11 Å². The van der Waals surface area contributed by atoms with Crippen LogP contribution in [0.2, 0.25) is 0 Å². The first-order chi connectivity index (χ1) is 6.12. The molecule has 1 aliphatic rings. The summed E-state index contributed by atoms with van der Waals surface area (Å²) in [5.41, 5.74) is 6.97. The first kappa shape index (κ1) is 9.03. The second kappa shape index (κ2) is 3.00. The third-order valence-corrected chi connectivity index (χ3v) is 3.42. The molecule has 2 nitrogen and oxygen atoms in total. The van der Waals surface area contributed by atoms with E-state index in [1.165, 1.54) is 6.42 Å². The van der Waals surface area contributed by atoms with Gasteiger partial charge in [0.05, 0.1) is 0 Å². The maximum absolute atomic E-state index is 9.34. The van der Waals surface area contributed by atoms with Crippen LogP contribution < -0.4 is 5.73 Å². The van der Waals surface area contributed by atoms with E-state index in [1.54, 1.807) is 12.1 Å². The molecule has 3 heteroatoms. The van der Waals surface area contributed by atoms with Crippen molar-refractivity contribution in [3.05, 3.63) is 28.2 Å². The van der Waals surface area contributed by atoms with Crippen molar-refractivity contribution in [3.63, 3.8) is 0 Å². The molecule has 1 saturated carbocycles. The van der Waals surface area contributed by atoms with Gasteiger partial charge < -0.3 is 10.8 Å². The van der Waals surface area contributed by atoms with Gasteiger partial charge >= 0.3 is 0 Å². The Morgan fingerprint density at radius 2 is 2.08 bits per heavy atom. The zero-order chi connectivity index (χ0) is 9.47. The first-order valence-electron chi connectivity index (χ1n) is 4.40. The number of nitrogens with two attached hydrogens (primary N) is 1. The quantitative estimate of drug-likeness (QED) is 0.794. The minimum Gasteiger partial charge on any atom is -0.508 e. The van der Waals surface area contributed by atoms with Crippen molar-refractivity contribution in [2.45, 2.75) is 24.8 Å². The average Bonchev–Trinajstić information content (AvgIpc) is 2.05. The lowest BCUT2D eigenvalue weighted by molar-refractivity contribution is 0.251. The van der Waals surface area contributed by atoms with Gasteiger partial charge in [-0.25, -0.2) is 0 Å². The van der Waals surface area contributed by atoms with Gasteiger partial charge in [0.25, 0.3) is 0 Å². The monoisotopic (exact) mass is 241 g/mol. The minimum atomic E-state index is -0.211. The summed E-state index contributed by atoms with van der Waals surface area (Å²) >= 11 is 3.45. The Hall–Kier alpha value is -0.540. The first-order valence-corrected chi connectivity index (χ1v) is 5.19. The van der Waals surface area contributed by atoms with E-state index >= 15 is 0 Å². The second-order valence-corrected chi connectivity index (χ2v) is 4.53. The Kier molecular flexibility index (Phi) is 2.08. The summed E-state index contributed by atoms with van der Waals surface area (Å²) in [6.07, 6.45) is 3.20. The summed E-state index contributed by atoms with van der Waals surface area (Å²) in [5.74, 6) is 0.287. The Balaban J connectivity index is 2.43. The molecule has 1 fully saturated rings. The van der Waals surface area contributed by atoms with Crippen LogP contribution in [0, 0.1) is 0 Å². The lowest BCUT2D eigenvalue weighted by Gasteiger charge is -2.39. The molecule has 0 bridgehead atoms. The zero-order valence-electron chi connectivity index (χ0n) is 7.26. The highest BCUT2D eigenvalue weighted by Gasteiger charge is 2.35. The molecule has 0 spiro atoms. The highest BCUT2D eigenvalue weighted by molar-refractivity contribution is 9.10. The molecule has 0 radical (unpaired) electrons. The van der Waals surface area contributed by atoms with Crippen LogP contribution in [0.15, 0.2) is 22.7 Å². The van der Waals surface area contributed by atoms with Crippen LogP contribution >= 0.6 is 15.9 Å². The summed E-state index contributed by atoms with van der Waals surface area (Å²) < 4.78 is 0.993. The van der Waals surface area contributed by atoms with Gasteiger partial charge in [-0.15, -0.1) is 0 Å². The number of halogens is 1. The summed E-state index contributed by atoms with van der Waals surface area (Å²) in [7, 11) is 0. The predicted octanol–water partition coefficient (Wildman–Crippen LogP) is 2.49. The molecular weight excluding hydrogens is 230 g/mol. The van der Waals surface area contributed by atoms with Crippen LogP contribution in [-0.4, -0.2) is 5.11 Å². The summed E-state index contributed by atoms with van der Waals surface area (Å²) in [6, 6.07) is 5.26. The van der Waals surface area contributed by atoms with Crippen LogP contribution in [0.4, 0.5) is 0 Å². The molecule has 0 unspecified atom stereocenters. The summed E-state index contributed by atoms with van der Waals surface area (Å²) in [4.78, 5) is 0. The van der Waals surface area contributed by atoms with E-state index in [4.69, 9.17) is 5.73 Å². The standard InChI is InChI=1S/C10H12BrNO/c11-9-3-2-7(13)6-8(9)10(12)4-1-5-10/h2-3,6,13H,1,4-5,12H2. The molecule has 0 aliphatic heterocycles. The highest BCUT2D eigenvalue weighted by Crippen LogP contribution is 2.42. The lowest BCUT2D eigenvalue weighted by atomic mass is 9.73. The molecule has 0 atom stereocenters. The lowest BCUT2D eigenvalue weighted by Crippen LogP contribution is -2.43. The van der Waals surface area contributed by atoms with Crippen molar-refractivity contribution in [2.24, 2.45) is 5.73 Å². The molecule has 2 rings (SSSR count). The number of rotatable bonds is 1. The highest BCUT2D eigenvalue weighted by atomic mass is 79.9. The molecule has 1 aliphatic carbocycles. The molecule has 70 valence electrons. The molecule has 0 amide bonds. The Bertz CT molecular complexity index is 334. The molecule has 3 N–H and O–H groups in total. The topological polar surface area (TPSA) is 46.2 Å². The van der Waals surface area contributed by atoms with Crippen molar-refractivity contribution < 1.29 is 5.11 Å². The van der Waals surface area contributed by atoms with E-state index in [0.717, 1.165) is 22.9 Å². The average molecular weight is 242 g/mol. The molecule has 1 aromatic carbocycles. The van der Waals surface area contributed by atoms with Crippen molar-refractivity contribution in [2.75, 3.05) is 0 Å². The predicted molar refractivity (Wildman–Crippen MR) is 55.5 cm³/mol. The van der Waals surface area contributed by atoms with Gasteiger partial charge in [0.2, 0.25) is 0 Å². The van der Waals surface area contributed by atoms with Crippen molar-refractivity contribution >= 4 is 15.9 Å². The number of phenols is 1. The SMILES string of the molecule is NC1(c2cc(O)ccc2Br)CCC1. The Labute approximate surface area is 85.9 Å². The molecule has 0 aromatic heterocycles. The molecule has 13 heavy (non-hydrogen) atoms. The maximum atomic E-state index is 9.34. The minimum absolute atomic E-state index is 0.211. The second-order valence-electron chi connectivity index (χ2n) is 3.67. The normalized spacial score (nSPS) is 19.5. The van der Waals surface area contributed by atoms with E-state index in [2.05, 4.69) is 15.9 Å². The fraction of sp³-hybridized carbons (Fsp3) is 0.400. The molecule has 0 saturated heterocycles. The van der Waals surface area contributed by atoms with Crippen molar-refractivity contribution in [1.82, 2.24) is 0 Å². The van der Waals surface area contributed by atoms with Crippen LogP contribution in [0.3, 0.4) is 0 Å². The van der Waals surface area contributed by atoms with Crippen LogP contribution in [0.25, 0.3) is 0 Å². The molecular formula is C10H12BrNO. The Morgan fingerprint density at radius 3 is 2.62 bits per heavy atom. The van der Waals surface area contributed by atoms with E-state index in [0.29, 0.717) is 0 Å². The van der Waals surface area contributed by atoms with Gasteiger partial charge in [0.15, 0.2) is 0 Å². The van der Waals surface area contributed by atoms with Gasteiger partial charge in [0.1, 0.15) is 5.75 Å². The smallest absolute Gasteiger partial charge is 0.116 e. The largest absolute Gasteiger partial charge is 0.508 e. The van der Waals surface area contributed by atoms with Gasteiger partial charge in [0, 0.05) is 10.0 Å². The fourth-order valence-electron chi connectivity index (χ4n) is 1.72. The van der Waals surface area contributed by atoms with Crippen LogP contribution in [0.5, 0.6) is 5.75 Å². The zero-order valence-corrected chi connectivity index (χ0v) is 8.84. The maximum Gasteiger partial charge on any atom is 0.116 e. The fourth-order valence-corrected chi connectivity index (χ4v) is 2.36. The van der Waals surface area contributed by atoms with E-state index in [1.807, 2.05) is 6.07 Å². The van der Waals surface area contributed by atoms with Gasteiger partial charge in [-0.3, -0.25) is 0 Å². The number of hydrogen-bond acceptors (Lipinski definition) is 2.